The molecule has 3 N–H and O–H groups in total. The molecule has 23 heavy (non-hydrogen) atoms. The monoisotopic (exact) mass is 345 g/mol. The van der Waals surface area contributed by atoms with E-state index in [1.807, 2.05) is 41.8 Å². The minimum absolute atomic E-state index is 0.415. The van der Waals surface area contributed by atoms with Gasteiger partial charge in [-0.15, -0.1) is 11.3 Å². The minimum Gasteiger partial charge on any atom is -0.497 e. The normalized spacial score (nSPS) is 10.6. The molecular formula is C17H16ClN3OS. The van der Waals surface area contributed by atoms with E-state index < -0.39 is 0 Å². The Morgan fingerprint density at radius 1 is 1.30 bits per heavy atom. The highest BCUT2D eigenvalue weighted by molar-refractivity contribution is 7.13. The Bertz CT molecular complexity index is 806. The molecule has 0 radical (unpaired) electrons. The number of rotatable bonds is 5. The van der Waals surface area contributed by atoms with Gasteiger partial charge >= 0.3 is 0 Å². The molecule has 0 unspecified atom stereocenters. The van der Waals surface area contributed by atoms with E-state index in [2.05, 4.69) is 10.3 Å². The summed E-state index contributed by atoms with van der Waals surface area (Å²) >= 11 is 7.97. The lowest BCUT2D eigenvalue weighted by atomic mass is 9.97. The number of aromatic nitrogens is 1. The van der Waals surface area contributed by atoms with Crippen LogP contribution in [0.5, 0.6) is 5.75 Å². The molecule has 4 nitrogen and oxygen atoms in total. The second-order valence-corrected chi connectivity index (χ2v) is 6.15. The van der Waals surface area contributed by atoms with Gasteiger partial charge in [-0.05, 0) is 23.8 Å². The van der Waals surface area contributed by atoms with Crippen LogP contribution in [0.15, 0.2) is 48.0 Å². The van der Waals surface area contributed by atoms with E-state index in [0.717, 1.165) is 33.3 Å². The van der Waals surface area contributed by atoms with Crippen molar-refractivity contribution in [2.45, 2.75) is 6.54 Å². The van der Waals surface area contributed by atoms with Gasteiger partial charge < -0.3 is 15.8 Å². The molecule has 0 aliphatic rings. The van der Waals surface area contributed by atoms with E-state index in [-0.39, 0.29) is 0 Å². The van der Waals surface area contributed by atoms with Gasteiger partial charge in [0.25, 0.3) is 0 Å². The zero-order chi connectivity index (χ0) is 16.2. The number of benzene rings is 2. The molecule has 2 aromatic carbocycles. The highest BCUT2D eigenvalue weighted by atomic mass is 35.5. The fraction of sp³-hybridized carbons (Fsp3) is 0.118. The number of anilines is 2. The van der Waals surface area contributed by atoms with Crippen molar-refractivity contribution in [3.05, 3.63) is 58.6 Å². The highest BCUT2D eigenvalue weighted by Gasteiger charge is 2.14. The lowest BCUT2D eigenvalue weighted by Gasteiger charge is -2.16. The smallest absolute Gasteiger partial charge is 0.187 e. The van der Waals surface area contributed by atoms with E-state index in [1.54, 1.807) is 13.3 Å². The summed E-state index contributed by atoms with van der Waals surface area (Å²) in [4.78, 5) is 4.28. The molecule has 1 aromatic heterocycles. The molecule has 0 spiro atoms. The highest BCUT2D eigenvalue weighted by Crippen LogP contribution is 2.39. The Labute approximate surface area is 143 Å². The van der Waals surface area contributed by atoms with Crippen LogP contribution < -0.4 is 15.8 Å². The number of nitrogens with two attached hydrogens (primary N) is 1. The van der Waals surface area contributed by atoms with Gasteiger partial charge in [-0.25, -0.2) is 4.98 Å². The third kappa shape index (κ3) is 3.32. The van der Waals surface area contributed by atoms with E-state index in [9.17, 15) is 0 Å². The third-order valence-electron chi connectivity index (χ3n) is 3.49. The number of hydrogen-bond donors (Lipinski definition) is 2. The van der Waals surface area contributed by atoms with Gasteiger partial charge in [0, 0.05) is 40.3 Å². The molecular weight excluding hydrogens is 330 g/mol. The molecule has 1 heterocycles. The molecule has 118 valence electrons. The molecule has 6 heteroatoms. The molecule has 3 rings (SSSR count). The van der Waals surface area contributed by atoms with Crippen LogP contribution in [0.2, 0.25) is 5.02 Å². The third-order valence-corrected chi connectivity index (χ3v) is 4.49. The summed E-state index contributed by atoms with van der Waals surface area (Å²) in [6, 6.07) is 11.6. The summed E-state index contributed by atoms with van der Waals surface area (Å²) in [6.45, 7) is 0.415. The average Bonchev–Trinajstić information content (AvgIpc) is 3.08. The predicted octanol–water partition coefficient (Wildman–Crippen LogP) is 4.67. The maximum Gasteiger partial charge on any atom is 0.187 e. The number of halogens is 1. The van der Waals surface area contributed by atoms with E-state index >= 15 is 0 Å². The maximum atomic E-state index is 6.44. The standard InChI is InChI=1S/C17H16ClN3OS/c1-22-12-5-6-13(15(9-12)21-17-20-7-8-23-17)16-11(10-19)3-2-4-14(16)18/h2-9H,10,19H2,1H3,(H,20,21). The largest absolute Gasteiger partial charge is 0.497 e. The van der Waals surface area contributed by atoms with Crippen molar-refractivity contribution in [1.29, 1.82) is 0 Å². The van der Waals surface area contributed by atoms with Crippen LogP contribution in [0.4, 0.5) is 10.8 Å². The van der Waals surface area contributed by atoms with Crippen LogP contribution in [0.3, 0.4) is 0 Å². The second-order valence-electron chi connectivity index (χ2n) is 4.85. The fourth-order valence-corrected chi connectivity index (χ4v) is 3.25. The molecule has 0 aliphatic carbocycles. The summed E-state index contributed by atoms with van der Waals surface area (Å²) in [5.41, 5.74) is 9.65. The van der Waals surface area contributed by atoms with Crippen molar-refractivity contribution in [2.75, 3.05) is 12.4 Å². The molecule has 3 aromatic rings. The van der Waals surface area contributed by atoms with Gasteiger partial charge in [0.15, 0.2) is 5.13 Å². The van der Waals surface area contributed by atoms with Crippen LogP contribution in [-0.2, 0) is 6.54 Å². The van der Waals surface area contributed by atoms with Crippen molar-refractivity contribution in [2.24, 2.45) is 5.73 Å². The Morgan fingerprint density at radius 3 is 2.87 bits per heavy atom. The van der Waals surface area contributed by atoms with Crippen LogP contribution in [-0.4, -0.2) is 12.1 Å². The fourth-order valence-electron chi connectivity index (χ4n) is 2.41. The molecule has 0 amide bonds. The van der Waals surface area contributed by atoms with Crippen LogP contribution in [0.25, 0.3) is 11.1 Å². The first-order chi connectivity index (χ1) is 11.2. The predicted molar refractivity (Wildman–Crippen MR) is 96.7 cm³/mol. The van der Waals surface area contributed by atoms with Crippen molar-refractivity contribution < 1.29 is 4.74 Å². The first-order valence-corrected chi connectivity index (χ1v) is 8.31. The molecule has 0 atom stereocenters. The second kappa shape index (κ2) is 7.00. The summed E-state index contributed by atoms with van der Waals surface area (Å²) in [6.07, 6.45) is 1.76. The van der Waals surface area contributed by atoms with Crippen molar-refractivity contribution in [1.82, 2.24) is 4.98 Å². The molecule has 0 saturated carbocycles. The Balaban J connectivity index is 2.15. The van der Waals surface area contributed by atoms with Crippen molar-refractivity contribution in [3.8, 4) is 16.9 Å². The summed E-state index contributed by atoms with van der Waals surface area (Å²) in [5, 5.41) is 6.73. The lowest BCUT2D eigenvalue weighted by molar-refractivity contribution is 0.415. The van der Waals surface area contributed by atoms with Crippen molar-refractivity contribution in [3.63, 3.8) is 0 Å². The summed E-state index contributed by atoms with van der Waals surface area (Å²) in [5.74, 6) is 0.758. The zero-order valence-electron chi connectivity index (χ0n) is 12.5. The summed E-state index contributed by atoms with van der Waals surface area (Å²) in [7, 11) is 1.64. The van der Waals surface area contributed by atoms with Gasteiger partial charge in [0.2, 0.25) is 0 Å². The molecule has 0 bridgehead atoms. The number of ether oxygens (including phenoxy) is 1. The van der Waals surface area contributed by atoms with Gasteiger partial charge in [0.05, 0.1) is 12.8 Å². The molecule has 0 saturated heterocycles. The van der Waals surface area contributed by atoms with Crippen LogP contribution >= 0.6 is 22.9 Å². The number of methoxy groups -OCH3 is 1. The van der Waals surface area contributed by atoms with Crippen LogP contribution in [0, 0.1) is 0 Å². The van der Waals surface area contributed by atoms with Gasteiger partial charge in [-0.1, -0.05) is 23.7 Å². The number of nitrogens with zero attached hydrogens (tertiary/aromatic N) is 1. The first kappa shape index (κ1) is 15.8. The van der Waals surface area contributed by atoms with Crippen LogP contribution in [0.1, 0.15) is 5.56 Å². The lowest BCUT2D eigenvalue weighted by Crippen LogP contribution is -2.01. The number of thiazole rings is 1. The average molecular weight is 346 g/mol. The zero-order valence-corrected chi connectivity index (χ0v) is 14.1. The Hall–Kier alpha value is -2.08. The van der Waals surface area contributed by atoms with E-state index in [1.165, 1.54) is 11.3 Å². The maximum absolute atomic E-state index is 6.44. The topological polar surface area (TPSA) is 60.2 Å². The molecule has 0 fully saturated rings. The summed E-state index contributed by atoms with van der Waals surface area (Å²) < 4.78 is 5.34. The van der Waals surface area contributed by atoms with E-state index in [0.29, 0.717) is 11.6 Å². The molecule has 0 aliphatic heterocycles. The SMILES string of the molecule is COc1ccc(-c2c(Cl)cccc2CN)c(Nc2nccs2)c1. The van der Waals surface area contributed by atoms with Gasteiger partial charge in [0.1, 0.15) is 5.75 Å². The quantitative estimate of drug-likeness (QED) is 0.705. The first-order valence-electron chi connectivity index (χ1n) is 7.05. The van der Waals surface area contributed by atoms with Gasteiger partial charge in [-0.2, -0.15) is 0 Å². The Morgan fingerprint density at radius 2 is 2.17 bits per heavy atom. The number of hydrogen-bond acceptors (Lipinski definition) is 5. The Kier molecular flexibility index (Phi) is 4.81. The van der Waals surface area contributed by atoms with E-state index in [4.69, 9.17) is 22.1 Å². The van der Waals surface area contributed by atoms with Crippen molar-refractivity contribution >= 4 is 33.8 Å². The minimum atomic E-state index is 0.415. The number of nitrogens with one attached hydrogen (secondary N) is 1. The van der Waals surface area contributed by atoms with Gasteiger partial charge in [-0.3, -0.25) is 0 Å².